The number of amides is 2. The number of para-hydroxylation sites is 1. The molecular formula is C25H33N3O5S. The van der Waals surface area contributed by atoms with Crippen molar-refractivity contribution < 1.29 is 22.7 Å². The minimum Gasteiger partial charge on any atom is -0.495 e. The van der Waals surface area contributed by atoms with E-state index in [1.165, 1.54) is 25.3 Å². The van der Waals surface area contributed by atoms with E-state index in [4.69, 9.17) is 4.74 Å². The molecule has 2 unspecified atom stereocenters. The van der Waals surface area contributed by atoms with Crippen molar-refractivity contribution in [3.63, 3.8) is 0 Å². The van der Waals surface area contributed by atoms with E-state index in [2.05, 4.69) is 23.9 Å². The lowest BCUT2D eigenvalue weighted by Crippen LogP contribution is -2.42. The second-order valence-corrected chi connectivity index (χ2v) is 11.0. The van der Waals surface area contributed by atoms with E-state index in [-0.39, 0.29) is 28.2 Å². The Kier molecular flexibility index (Phi) is 7.99. The molecule has 3 rings (SSSR count). The van der Waals surface area contributed by atoms with Gasteiger partial charge in [0.2, 0.25) is 10.0 Å². The highest BCUT2D eigenvalue weighted by Gasteiger charge is 2.28. The lowest BCUT2D eigenvalue weighted by Gasteiger charge is -2.35. The Balaban J connectivity index is 1.88. The standard InChI is InChI=1S/C25H33N3O5S/c1-16(2)27-34(31,32)23-13-19(10-11-22(23)33-5)24(29)26-21-9-7-6-8-20(21)25(30)28-14-17(3)12-18(4)15-28/h6-11,13,16-18,27H,12,14-15H2,1-5H3,(H,26,29). The molecule has 2 N–H and O–H groups in total. The molecule has 1 heterocycles. The topological polar surface area (TPSA) is 105 Å². The summed E-state index contributed by atoms with van der Waals surface area (Å²) in [4.78, 5) is 28.1. The molecule has 0 spiro atoms. The molecule has 2 atom stereocenters. The maximum atomic E-state index is 13.3. The van der Waals surface area contributed by atoms with Crippen LogP contribution in [0.25, 0.3) is 0 Å². The average Bonchev–Trinajstić information content (AvgIpc) is 2.77. The normalized spacial score (nSPS) is 18.6. The van der Waals surface area contributed by atoms with Gasteiger partial charge in [0.15, 0.2) is 0 Å². The van der Waals surface area contributed by atoms with E-state index in [1.54, 1.807) is 38.1 Å². The van der Waals surface area contributed by atoms with Gasteiger partial charge in [-0.1, -0.05) is 26.0 Å². The van der Waals surface area contributed by atoms with Gasteiger partial charge in [0.05, 0.1) is 18.4 Å². The van der Waals surface area contributed by atoms with Crippen LogP contribution in [0.15, 0.2) is 47.4 Å². The van der Waals surface area contributed by atoms with Crippen molar-refractivity contribution in [1.29, 1.82) is 0 Å². The third-order valence-electron chi connectivity index (χ3n) is 5.67. The van der Waals surface area contributed by atoms with Crippen molar-refractivity contribution in [3.05, 3.63) is 53.6 Å². The summed E-state index contributed by atoms with van der Waals surface area (Å²) in [6.45, 7) is 9.03. The van der Waals surface area contributed by atoms with Crippen LogP contribution in [0.4, 0.5) is 5.69 Å². The van der Waals surface area contributed by atoms with Crippen molar-refractivity contribution in [1.82, 2.24) is 9.62 Å². The minimum absolute atomic E-state index is 0.128. The van der Waals surface area contributed by atoms with Gasteiger partial charge < -0.3 is 15.0 Å². The number of anilines is 1. The summed E-state index contributed by atoms with van der Waals surface area (Å²) in [5, 5.41) is 2.78. The Morgan fingerprint density at radius 2 is 1.71 bits per heavy atom. The first-order valence-corrected chi connectivity index (χ1v) is 12.9. The number of carbonyl (C=O) groups is 2. The smallest absolute Gasteiger partial charge is 0.255 e. The Morgan fingerprint density at radius 1 is 1.06 bits per heavy atom. The molecule has 0 saturated carbocycles. The zero-order chi connectivity index (χ0) is 25.0. The number of ether oxygens (including phenoxy) is 1. The molecule has 0 bridgehead atoms. The average molecular weight is 488 g/mol. The number of sulfonamides is 1. The fourth-order valence-electron chi connectivity index (χ4n) is 4.37. The summed E-state index contributed by atoms with van der Waals surface area (Å²) in [6.07, 6.45) is 1.08. The summed E-state index contributed by atoms with van der Waals surface area (Å²) in [5.74, 6) is 0.300. The lowest BCUT2D eigenvalue weighted by atomic mass is 9.91. The number of benzene rings is 2. The van der Waals surface area contributed by atoms with Gasteiger partial charge in [-0.2, -0.15) is 0 Å². The number of nitrogens with one attached hydrogen (secondary N) is 2. The Morgan fingerprint density at radius 3 is 2.32 bits per heavy atom. The largest absolute Gasteiger partial charge is 0.495 e. The van der Waals surface area contributed by atoms with Gasteiger partial charge in [0.25, 0.3) is 11.8 Å². The number of methoxy groups -OCH3 is 1. The third-order valence-corrected chi connectivity index (χ3v) is 7.35. The minimum atomic E-state index is -3.89. The van der Waals surface area contributed by atoms with Crippen LogP contribution in [0.2, 0.25) is 0 Å². The molecule has 0 aliphatic carbocycles. The van der Waals surface area contributed by atoms with Crippen molar-refractivity contribution in [2.24, 2.45) is 11.8 Å². The SMILES string of the molecule is COc1ccc(C(=O)Nc2ccccc2C(=O)N2CC(C)CC(C)C2)cc1S(=O)(=O)NC(C)C. The first kappa shape index (κ1) is 25.7. The van der Waals surface area contributed by atoms with Crippen LogP contribution in [0.3, 0.4) is 0 Å². The summed E-state index contributed by atoms with van der Waals surface area (Å²) in [6, 6.07) is 10.7. The molecule has 34 heavy (non-hydrogen) atoms. The third kappa shape index (κ3) is 5.95. The van der Waals surface area contributed by atoms with Crippen LogP contribution in [-0.4, -0.2) is 51.4 Å². The van der Waals surface area contributed by atoms with Crippen molar-refractivity contribution in [3.8, 4) is 5.75 Å². The van der Waals surface area contributed by atoms with E-state index in [0.717, 1.165) is 6.42 Å². The zero-order valence-electron chi connectivity index (χ0n) is 20.3. The summed E-state index contributed by atoms with van der Waals surface area (Å²) in [7, 11) is -2.52. The zero-order valence-corrected chi connectivity index (χ0v) is 21.1. The molecule has 0 radical (unpaired) electrons. The number of rotatable bonds is 7. The maximum absolute atomic E-state index is 13.3. The molecular weight excluding hydrogens is 454 g/mol. The highest BCUT2D eigenvalue weighted by atomic mass is 32.2. The Hall–Kier alpha value is -2.91. The second-order valence-electron chi connectivity index (χ2n) is 9.30. The molecule has 8 nitrogen and oxygen atoms in total. The number of piperidine rings is 1. The van der Waals surface area contributed by atoms with Gasteiger partial charge in [-0.05, 0) is 62.4 Å². The van der Waals surface area contributed by atoms with Gasteiger partial charge in [0, 0.05) is 24.7 Å². The molecule has 2 amide bonds. The quantitative estimate of drug-likeness (QED) is 0.619. The Labute approximate surface area is 201 Å². The molecule has 184 valence electrons. The highest BCUT2D eigenvalue weighted by molar-refractivity contribution is 7.89. The van der Waals surface area contributed by atoms with Gasteiger partial charge in [0.1, 0.15) is 10.6 Å². The van der Waals surface area contributed by atoms with E-state index in [0.29, 0.717) is 36.2 Å². The van der Waals surface area contributed by atoms with Crippen LogP contribution < -0.4 is 14.8 Å². The number of hydrogen-bond donors (Lipinski definition) is 2. The maximum Gasteiger partial charge on any atom is 0.255 e. The van der Waals surface area contributed by atoms with Crippen molar-refractivity contribution in [2.45, 2.75) is 45.1 Å². The van der Waals surface area contributed by atoms with Crippen molar-refractivity contribution >= 4 is 27.5 Å². The number of carbonyl (C=O) groups excluding carboxylic acids is 2. The summed E-state index contributed by atoms with van der Waals surface area (Å²) >= 11 is 0. The molecule has 1 aliphatic rings. The fourth-order valence-corrected chi connectivity index (χ4v) is 5.82. The molecule has 2 aromatic rings. The van der Waals surface area contributed by atoms with E-state index in [9.17, 15) is 18.0 Å². The molecule has 0 aromatic heterocycles. The first-order valence-electron chi connectivity index (χ1n) is 11.4. The number of likely N-dealkylation sites (tertiary alicyclic amines) is 1. The van der Waals surface area contributed by atoms with Crippen LogP contribution >= 0.6 is 0 Å². The molecule has 1 aliphatic heterocycles. The van der Waals surface area contributed by atoms with Crippen LogP contribution in [0.1, 0.15) is 54.8 Å². The predicted octanol–water partition coefficient (Wildman–Crippen LogP) is 3.75. The van der Waals surface area contributed by atoms with E-state index < -0.39 is 15.9 Å². The monoisotopic (exact) mass is 487 g/mol. The van der Waals surface area contributed by atoms with E-state index in [1.807, 2.05) is 4.90 Å². The molecule has 1 fully saturated rings. The highest BCUT2D eigenvalue weighted by Crippen LogP contribution is 2.27. The summed E-state index contributed by atoms with van der Waals surface area (Å²) in [5.41, 5.74) is 0.913. The number of nitrogens with zero attached hydrogens (tertiary/aromatic N) is 1. The van der Waals surface area contributed by atoms with E-state index >= 15 is 0 Å². The predicted molar refractivity (Wildman–Crippen MR) is 132 cm³/mol. The van der Waals surface area contributed by atoms with Crippen LogP contribution in [0, 0.1) is 11.8 Å². The van der Waals surface area contributed by atoms with Gasteiger partial charge in [-0.3, -0.25) is 9.59 Å². The van der Waals surface area contributed by atoms with Gasteiger partial charge in [-0.25, -0.2) is 13.1 Å². The van der Waals surface area contributed by atoms with Crippen LogP contribution in [0.5, 0.6) is 5.75 Å². The Bertz CT molecular complexity index is 1150. The summed E-state index contributed by atoms with van der Waals surface area (Å²) < 4.78 is 33.2. The number of hydrogen-bond acceptors (Lipinski definition) is 5. The molecule has 1 saturated heterocycles. The van der Waals surface area contributed by atoms with Crippen LogP contribution in [-0.2, 0) is 10.0 Å². The van der Waals surface area contributed by atoms with Gasteiger partial charge in [-0.15, -0.1) is 0 Å². The molecule has 2 aromatic carbocycles. The second kappa shape index (κ2) is 10.6. The van der Waals surface area contributed by atoms with Crippen molar-refractivity contribution in [2.75, 3.05) is 25.5 Å². The van der Waals surface area contributed by atoms with Gasteiger partial charge >= 0.3 is 0 Å². The molecule has 9 heteroatoms. The first-order chi connectivity index (χ1) is 16.0. The lowest BCUT2D eigenvalue weighted by molar-refractivity contribution is 0.0624. The fraction of sp³-hybridized carbons (Fsp3) is 0.440.